The van der Waals surface area contributed by atoms with E-state index in [1.807, 2.05) is 0 Å². The quantitative estimate of drug-likeness (QED) is 0.616. The van der Waals surface area contributed by atoms with Crippen molar-refractivity contribution in [2.75, 3.05) is 5.32 Å². The Morgan fingerprint density at radius 2 is 1.77 bits per heavy atom. The van der Waals surface area contributed by atoms with Crippen molar-refractivity contribution in [2.45, 2.75) is 6.92 Å². The molecule has 3 rings (SSSR count). The zero-order valence-electron chi connectivity index (χ0n) is 13.5. The van der Waals surface area contributed by atoms with E-state index < -0.39 is 11.9 Å². The van der Waals surface area contributed by atoms with Crippen LogP contribution in [0.5, 0.6) is 0 Å². The molecule has 26 heavy (non-hydrogen) atoms. The summed E-state index contributed by atoms with van der Waals surface area (Å²) in [5.74, 6) is -0.870. The average molecular weight is 390 g/mol. The van der Waals surface area contributed by atoms with Crippen molar-refractivity contribution in [3.8, 4) is 11.3 Å². The maximum absolute atomic E-state index is 12.4. The fourth-order valence-corrected chi connectivity index (χ4v) is 2.68. The average Bonchev–Trinajstić information content (AvgIpc) is 3.09. The van der Waals surface area contributed by atoms with E-state index in [-0.39, 0.29) is 11.3 Å². The zero-order valence-corrected chi connectivity index (χ0v) is 15.1. The molecule has 0 unspecified atom stereocenters. The predicted octanol–water partition coefficient (Wildman–Crippen LogP) is 5.51. The maximum atomic E-state index is 12.4. The molecule has 0 radical (unpaired) electrons. The molecule has 2 N–H and O–H groups in total. The highest BCUT2D eigenvalue weighted by molar-refractivity contribution is 6.42. The van der Waals surface area contributed by atoms with E-state index in [2.05, 4.69) is 5.32 Å². The van der Waals surface area contributed by atoms with E-state index >= 15 is 0 Å². The predicted molar refractivity (Wildman–Crippen MR) is 100 cm³/mol. The summed E-state index contributed by atoms with van der Waals surface area (Å²) in [6.45, 7) is 1.71. The summed E-state index contributed by atoms with van der Waals surface area (Å²) in [4.78, 5) is 23.4. The molecular weight excluding hydrogens is 377 g/mol. The molecule has 2 aromatic carbocycles. The van der Waals surface area contributed by atoms with Crippen LogP contribution in [-0.4, -0.2) is 17.0 Å². The van der Waals surface area contributed by atoms with E-state index in [9.17, 15) is 9.59 Å². The number of anilines is 1. The number of carboxylic acid groups (broad SMARTS) is 1. The largest absolute Gasteiger partial charge is 0.478 e. The smallest absolute Gasteiger partial charge is 0.335 e. The first-order valence-corrected chi connectivity index (χ1v) is 8.31. The summed E-state index contributed by atoms with van der Waals surface area (Å²) in [6.07, 6.45) is 0. The summed E-state index contributed by atoms with van der Waals surface area (Å²) in [6, 6.07) is 12.7. The standard InChI is InChI=1S/C19H13Cl2NO4/c1-10-8-12(19(24)25)3-5-15(10)22-18(23)17-7-6-16(26-17)11-2-4-13(20)14(21)9-11/h2-9H,1H3,(H,22,23)(H,24,25). The van der Waals surface area contributed by atoms with Gasteiger partial charge in [-0.1, -0.05) is 23.2 Å². The van der Waals surface area contributed by atoms with Gasteiger partial charge in [-0.05, 0) is 61.0 Å². The number of furan rings is 1. The normalized spacial score (nSPS) is 10.6. The van der Waals surface area contributed by atoms with E-state index in [1.54, 1.807) is 43.3 Å². The first kappa shape index (κ1) is 18.0. The molecule has 0 spiro atoms. The van der Waals surface area contributed by atoms with Crippen molar-refractivity contribution in [2.24, 2.45) is 0 Å². The summed E-state index contributed by atoms with van der Waals surface area (Å²) in [7, 11) is 0. The number of aryl methyl sites for hydroxylation is 1. The molecule has 0 aliphatic heterocycles. The summed E-state index contributed by atoms with van der Waals surface area (Å²) >= 11 is 11.9. The van der Waals surface area contributed by atoms with Crippen molar-refractivity contribution in [1.82, 2.24) is 0 Å². The third-order valence-electron chi connectivity index (χ3n) is 3.76. The molecule has 5 nitrogen and oxygen atoms in total. The van der Waals surface area contributed by atoms with Crippen molar-refractivity contribution < 1.29 is 19.1 Å². The van der Waals surface area contributed by atoms with Crippen LogP contribution in [0, 0.1) is 6.92 Å². The monoisotopic (exact) mass is 389 g/mol. The minimum absolute atomic E-state index is 0.118. The number of benzene rings is 2. The third kappa shape index (κ3) is 3.74. The van der Waals surface area contributed by atoms with Gasteiger partial charge in [-0.15, -0.1) is 0 Å². The number of amides is 1. The molecule has 0 aliphatic carbocycles. The zero-order chi connectivity index (χ0) is 18.8. The first-order valence-electron chi connectivity index (χ1n) is 7.55. The van der Waals surface area contributed by atoms with Crippen LogP contribution >= 0.6 is 23.2 Å². The molecule has 0 bridgehead atoms. The van der Waals surface area contributed by atoms with Crippen LogP contribution in [0.3, 0.4) is 0 Å². The number of rotatable bonds is 4. The minimum Gasteiger partial charge on any atom is -0.478 e. The Balaban J connectivity index is 1.80. The first-order chi connectivity index (χ1) is 12.3. The summed E-state index contributed by atoms with van der Waals surface area (Å²) in [5, 5.41) is 12.5. The number of aromatic carboxylic acids is 1. The highest BCUT2D eigenvalue weighted by Gasteiger charge is 2.15. The lowest BCUT2D eigenvalue weighted by Crippen LogP contribution is -2.12. The van der Waals surface area contributed by atoms with Gasteiger partial charge in [0.25, 0.3) is 5.91 Å². The van der Waals surface area contributed by atoms with Gasteiger partial charge in [-0.25, -0.2) is 4.79 Å². The second kappa shape index (κ2) is 7.23. The SMILES string of the molecule is Cc1cc(C(=O)O)ccc1NC(=O)c1ccc(-c2ccc(Cl)c(Cl)c2)o1. The van der Waals surface area contributed by atoms with E-state index in [4.69, 9.17) is 32.7 Å². The number of nitrogens with one attached hydrogen (secondary N) is 1. The highest BCUT2D eigenvalue weighted by atomic mass is 35.5. The van der Waals surface area contributed by atoms with Crippen LogP contribution in [0.1, 0.15) is 26.5 Å². The van der Waals surface area contributed by atoms with Crippen LogP contribution in [-0.2, 0) is 0 Å². The topological polar surface area (TPSA) is 79.5 Å². The van der Waals surface area contributed by atoms with Gasteiger partial charge >= 0.3 is 5.97 Å². The lowest BCUT2D eigenvalue weighted by Gasteiger charge is -2.08. The van der Waals surface area contributed by atoms with Crippen LogP contribution in [0.15, 0.2) is 52.9 Å². The molecule has 0 fully saturated rings. The van der Waals surface area contributed by atoms with Gasteiger partial charge in [0, 0.05) is 11.3 Å². The summed E-state index contributed by atoms with van der Waals surface area (Å²) in [5.41, 5.74) is 1.99. The maximum Gasteiger partial charge on any atom is 0.335 e. The molecule has 1 heterocycles. The highest BCUT2D eigenvalue weighted by Crippen LogP contribution is 2.30. The van der Waals surface area contributed by atoms with Gasteiger partial charge < -0.3 is 14.8 Å². The number of hydrogen-bond acceptors (Lipinski definition) is 3. The number of carbonyl (C=O) groups excluding carboxylic acids is 1. The molecule has 7 heteroatoms. The molecule has 1 aromatic heterocycles. The molecule has 0 saturated heterocycles. The Morgan fingerprint density at radius 3 is 2.42 bits per heavy atom. The molecule has 0 saturated carbocycles. The fourth-order valence-electron chi connectivity index (χ4n) is 2.39. The van der Waals surface area contributed by atoms with Gasteiger partial charge in [0.2, 0.25) is 0 Å². The van der Waals surface area contributed by atoms with Gasteiger partial charge in [0.05, 0.1) is 15.6 Å². The Hall–Kier alpha value is -2.76. The number of carbonyl (C=O) groups is 2. The Bertz CT molecular complexity index is 1010. The molecule has 0 aliphatic rings. The van der Waals surface area contributed by atoms with Gasteiger partial charge in [0.15, 0.2) is 5.76 Å². The van der Waals surface area contributed by atoms with Crippen molar-refractivity contribution in [3.05, 3.63) is 75.5 Å². The van der Waals surface area contributed by atoms with Crippen LogP contribution in [0.2, 0.25) is 10.0 Å². The second-order valence-electron chi connectivity index (χ2n) is 5.58. The van der Waals surface area contributed by atoms with Gasteiger partial charge in [0.1, 0.15) is 5.76 Å². The lowest BCUT2D eigenvalue weighted by molar-refractivity contribution is 0.0696. The fraction of sp³-hybridized carbons (Fsp3) is 0.0526. The third-order valence-corrected chi connectivity index (χ3v) is 4.49. The van der Waals surface area contributed by atoms with E-state index in [0.29, 0.717) is 32.6 Å². The van der Waals surface area contributed by atoms with Gasteiger partial charge in [-0.3, -0.25) is 4.79 Å². The van der Waals surface area contributed by atoms with E-state index in [0.717, 1.165) is 0 Å². The molecule has 132 valence electrons. The van der Waals surface area contributed by atoms with Crippen molar-refractivity contribution in [1.29, 1.82) is 0 Å². The van der Waals surface area contributed by atoms with Crippen molar-refractivity contribution >= 4 is 40.8 Å². The van der Waals surface area contributed by atoms with E-state index in [1.165, 1.54) is 12.1 Å². The second-order valence-corrected chi connectivity index (χ2v) is 6.40. The number of halogens is 2. The summed E-state index contributed by atoms with van der Waals surface area (Å²) < 4.78 is 5.59. The Morgan fingerprint density at radius 1 is 1.00 bits per heavy atom. The minimum atomic E-state index is -1.02. The van der Waals surface area contributed by atoms with Crippen LogP contribution in [0.4, 0.5) is 5.69 Å². The van der Waals surface area contributed by atoms with Crippen molar-refractivity contribution in [3.63, 3.8) is 0 Å². The molecule has 0 atom stereocenters. The molecule has 1 amide bonds. The van der Waals surface area contributed by atoms with Crippen LogP contribution in [0.25, 0.3) is 11.3 Å². The Kier molecular flexibility index (Phi) is 5.02. The number of hydrogen-bond donors (Lipinski definition) is 2. The van der Waals surface area contributed by atoms with Gasteiger partial charge in [-0.2, -0.15) is 0 Å². The molecule has 3 aromatic rings. The number of carboxylic acids is 1. The molecular formula is C19H13Cl2NO4. The lowest BCUT2D eigenvalue weighted by atomic mass is 10.1. The Labute approximate surface area is 159 Å². The van der Waals surface area contributed by atoms with Crippen LogP contribution < -0.4 is 5.32 Å².